The zero-order valence-corrected chi connectivity index (χ0v) is 67.1. The van der Waals surface area contributed by atoms with Crippen molar-refractivity contribution in [2.45, 2.75) is 48.5 Å². The van der Waals surface area contributed by atoms with Gasteiger partial charge in [-0.3, -0.25) is 38.5 Å². The summed E-state index contributed by atoms with van der Waals surface area (Å²) in [4.78, 5) is 107. The number of Topliss-reactive ketones (excluding diaryl/α,β-unsaturated/α-hetero) is 3. The minimum atomic E-state index is -0.426. The number of nitrogens with zero attached hydrogens (tertiary/aromatic N) is 5. The number of hydrogen-bond donors (Lipinski definition) is 7. The van der Waals surface area contributed by atoms with Crippen molar-refractivity contribution in [1.29, 1.82) is 15.8 Å². The van der Waals surface area contributed by atoms with Crippen molar-refractivity contribution in [1.82, 2.24) is 19.9 Å². The number of amides is 4. The van der Waals surface area contributed by atoms with Crippen molar-refractivity contribution in [2.75, 3.05) is 42.5 Å². The Morgan fingerprint density at radius 2 is 0.823 bits per heavy atom. The molecule has 1 aliphatic rings. The number of carbonyl (C=O) groups excluding carboxylic acids is 7. The second-order valence-corrected chi connectivity index (χ2v) is 25.1. The molecule has 0 aliphatic carbocycles. The molecule has 13 rings (SSSR count). The van der Waals surface area contributed by atoms with Gasteiger partial charge in [-0.05, 0) is 135 Å². The molecule has 3 aromatic heterocycles. The largest absolute Gasteiger partial charge is 1.00 e. The van der Waals surface area contributed by atoms with Crippen LogP contribution < -0.4 is 66.1 Å². The number of imide groups is 1. The number of ether oxygens (including phenoxy) is 2. The molecule has 9 aromatic carbocycles. The number of methoxy groups -OCH3 is 2. The number of nitrogens with two attached hydrogens (primary N) is 2. The maximum Gasteiger partial charge on any atom is 1.00 e. The number of nitriles is 3. The first-order chi connectivity index (χ1) is 54.0. The van der Waals surface area contributed by atoms with Gasteiger partial charge in [-0.25, -0.2) is 0 Å². The number of alkyl halides is 1. The Bertz CT molecular complexity index is 5520. The van der Waals surface area contributed by atoms with Crippen molar-refractivity contribution in [3.8, 4) is 69.0 Å². The number of hydrogen-bond acceptors (Lipinski definition) is 18. The summed E-state index contributed by atoms with van der Waals surface area (Å²) in [6.07, 6.45) is 3.51. The third-order valence-electron chi connectivity index (χ3n) is 17.4. The molecule has 9 N–H and O–H groups in total. The number of nitrogen functional groups attached to an aromatic ring is 1. The van der Waals surface area contributed by atoms with Crippen LogP contribution in [0.3, 0.4) is 0 Å². The van der Waals surface area contributed by atoms with E-state index in [2.05, 4.69) is 59.7 Å². The number of halogens is 1. The van der Waals surface area contributed by atoms with E-state index in [1.165, 1.54) is 14.2 Å². The quantitative estimate of drug-likeness (QED) is 0.0118. The summed E-state index contributed by atoms with van der Waals surface area (Å²) in [6.45, 7) is 13.0. The van der Waals surface area contributed by atoms with Crippen molar-refractivity contribution in [3.63, 3.8) is 0 Å². The van der Waals surface area contributed by atoms with E-state index >= 15 is 0 Å². The normalized spacial score (nSPS) is 10.4. The van der Waals surface area contributed by atoms with Crippen molar-refractivity contribution in [2.24, 2.45) is 11.2 Å². The van der Waals surface area contributed by atoms with E-state index in [1.807, 2.05) is 175 Å². The smallest absolute Gasteiger partial charge is 0.496 e. The fourth-order valence-corrected chi connectivity index (χ4v) is 12.0. The predicted octanol–water partition coefficient (Wildman–Crippen LogP) is 14.4. The molecule has 0 unspecified atom stereocenters. The molecule has 0 saturated carbocycles. The topological polar surface area (TPSA) is 398 Å². The van der Waals surface area contributed by atoms with Gasteiger partial charge in [-0.1, -0.05) is 198 Å². The molecule has 0 bridgehead atoms. The predicted molar refractivity (Wildman–Crippen MR) is 435 cm³/mol. The maximum atomic E-state index is 12.7. The standard InChI is InChI=1S/C20H18N4O3.C20H17N3O2.C17H13NO3.C12H11N3.C9H9BrO.C9H10O.HNO2.Na/c1-12-7-3-4-8-13(12)17-15(11-21)18(24-20(17)27-22)23-19(25)14-9-5-6-10-16(14)26-2;1-13-7-3-4-8-14(13)17-12-22-19(16(17)11-21)23-20(24)15-9-5-6-10-18(15)25-2;1-11-6-2-3-7-12(11)15(19)10-18-16(20)13-8-4-5-9-14(13)17(18)21;1-8-4-2-3-5-9(8)11-7-15-12(14)10(11)6-13;1-7-4-2-3-5-8(7)9(11)6-10;1-7-5-3-4-6-9(7)8(2)10;2-1-3;/h3-10,24H,22H2,1-2H3,(H,23,25);3-10,12,22H,1-2H3,(H,23,24);2-9H,10H2,1H3;2-5,7,15H,14H2,1H3;2-5H,6H2,1H3;3-6H,1-2H3;(H,2,3);/q;;;;;;;+1/p-1. The molecule has 0 radical (unpaired) electrons. The van der Waals surface area contributed by atoms with Gasteiger partial charge >= 0.3 is 29.6 Å². The number of carbonyl (C=O) groups is 7. The van der Waals surface area contributed by atoms with Crippen LogP contribution in [0.4, 0.5) is 17.5 Å². The summed E-state index contributed by atoms with van der Waals surface area (Å²) in [5, 5.41) is 43.1. The van der Waals surface area contributed by atoms with E-state index in [0.29, 0.717) is 73.0 Å². The van der Waals surface area contributed by atoms with Crippen LogP contribution in [0.25, 0.3) is 33.4 Å². The number of fused-ring (bicyclic) bond motifs is 1. The number of rotatable bonds is 16. The molecule has 0 fully saturated rings. The van der Waals surface area contributed by atoms with E-state index in [4.69, 9.17) is 41.3 Å². The number of aromatic nitrogens is 3. The first-order valence-corrected chi connectivity index (χ1v) is 35.4. The zero-order valence-electron chi connectivity index (χ0n) is 63.5. The Morgan fingerprint density at radius 1 is 0.478 bits per heavy atom. The van der Waals surface area contributed by atoms with Crippen LogP contribution in [0.5, 0.6) is 17.4 Å². The van der Waals surface area contributed by atoms with Gasteiger partial charge in [0.1, 0.15) is 63.9 Å². The Hall–Kier alpha value is -13.6. The van der Waals surface area contributed by atoms with Gasteiger partial charge in [0, 0.05) is 40.2 Å². The van der Waals surface area contributed by atoms with Gasteiger partial charge in [-0.15, -0.1) is 5.34 Å². The Balaban J connectivity index is 0.000000216. The summed E-state index contributed by atoms with van der Waals surface area (Å²) in [6, 6.07) is 72.3. The first-order valence-electron chi connectivity index (χ1n) is 34.3. The van der Waals surface area contributed by atoms with Crippen molar-refractivity contribution >= 4 is 74.4 Å². The van der Waals surface area contributed by atoms with E-state index < -0.39 is 17.7 Å². The van der Waals surface area contributed by atoms with Crippen LogP contribution in [-0.2, 0) is 0 Å². The van der Waals surface area contributed by atoms with Crippen LogP contribution in [0.1, 0.15) is 130 Å². The summed E-state index contributed by atoms with van der Waals surface area (Å²) in [5.74, 6) is 5.95. The van der Waals surface area contributed by atoms with E-state index in [-0.39, 0.29) is 76.6 Å². The molecule has 566 valence electrons. The zero-order chi connectivity index (χ0) is 81.6. The number of para-hydroxylation sites is 2. The Kier molecular flexibility index (Phi) is 34.1. The Morgan fingerprint density at radius 3 is 1.20 bits per heavy atom. The molecule has 113 heavy (non-hydrogen) atoms. The van der Waals surface area contributed by atoms with E-state index in [9.17, 15) is 44.1 Å². The van der Waals surface area contributed by atoms with Crippen molar-refractivity contribution < 1.29 is 77.4 Å². The van der Waals surface area contributed by atoms with Gasteiger partial charge < -0.3 is 55.7 Å². The van der Waals surface area contributed by atoms with E-state index in [1.54, 1.807) is 104 Å². The number of aromatic amines is 3. The third-order valence-corrected chi connectivity index (χ3v) is 17.9. The molecular formula is C87H78BrN12NaO12. The van der Waals surface area contributed by atoms with Gasteiger partial charge in [0.25, 0.3) is 23.6 Å². The fourth-order valence-electron chi connectivity index (χ4n) is 11.7. The minimum absolute atomic E-state index is 0. The summed E-state index contributed by atoms with van der Waals surface area (Å²) < 4.78 is 10.4. The first kappa shape index (κ1) is 88.3. The summed E-state index contributed by atoms with van der Waals surface area (Å²) in [7, 11) is 3.00. The number of aryl methyl sites for hydroxylation is 6. The van der Waals surface area contributed by atoms with Crippen LogP contribution in [-0.4, -0.2) is 86.9 Å². The van der Waals surface area contributed by atoms with Crippen LogP contribution in [0, 0.1) is 85.7 Å². The van der Waals surface area contributed by atoms with Gasteiger partial charge in [0.05, 0.1) is 53.9 Å². The molecule has 0 atom stereocenters. The third kappa shape index (κ3) is 22.6. The molecule has 26 heteroatoms. The van der Waals surface area contributed by atoms with Gasteiger partial charge in [0.2, 0.25) is 5.88 Å². The second-order valence-electron chi connectivity index (χ2n) is 24.5. The van der Waals surface area contributed by atoms with Crippen LogP contribution in [0.2, 0.25) is 0 Å². The van der Waals surface area contributed by atoms with Gasteiger partial charge in [-0.2, -0.15) is 21.7 Å². The van der Waals surface area contributed by atoms with E-state index in [0.717, 1.165) is 82.6 Å². The SMILES string of the molecule is CC(=O)c1ccccc1C.COc1ccccc1C(=O)Nc1[nH]c(ON)c(-c2ccccc2C)c1C#N.COc1ccccc1C(=O)Nc1[nH]cc(-c2ccccc2C)c1C#N.Cc1ccccc1-c1c[nH]c(N)c1C#N.Cc1ccccc1C(=O)CBr.Cc1ccccc1C(=O)CN1C(=O)c2ccccc2C1=O.O=N[O-].[Na+]. The fraction of sp³-hybridized carbons (Fsp3) is 0.126. The molecular weight excluding hydrogens is 1510 g/mol. The number of H-pyrrole nitrogens is 3. The second kappa shape index (κ2) is 43.6. The average Bonchev–Trinajstić information content (AvgIpc) is 1.65. The molecule has 24 nitrogen and oxygen atoms in total. The maximum absolute atomic E-state index is 12.7. The molecule has 0 spiro atoms. The minimum Gasteiger partial charge on any atom is -0.496 e. The molecule has 12 aromatic rings. The summed E-state index contributed by atoms with van der Waals surface area (Å²) in [5.41, 5.74) is 21.4. The number of benzene rings is 9. The molecule has 4 amide bonds. The molecule has 4 heterocycles. The van der Waals surface area contributed by atoms with Crippen LogP contribution in [0.15, 0.2) is 236 Å². The molecule has 0 saturated heterocycles. The van der Waals surface area contributed by atoms with Crippen molar-refractivity contribution in [3.05, 3.63) is 330 Å². The number of anilines is 3. The number of nitrogens with one attached hydrogen (secondary N) is 5. The molecule has 1 aliphatic heterocycles. The Labute approximate surface area is 683 Å². The number of ketones is 3. The average molecular weight is 1590 g/mol. The van der Waals surface area contributed by atoms with Crippen LogP contribution >= 0.6 is 15.9 Å². The summed E-state index contributed by atoms with van der Waals surface area (Å²) >= 11 is 3.14. The monoisotopic (exact) mass is 1580 g/mol. The van der Waals surface area contributed by atoms with Gasteiger partial charge in [0.15, 0.2) is 17.3 Å².